The van der Waals surface area contributed by atoms with Gasteiger partial charge in [-0.1, -0.05) is 6.07 Å². The average molecular weight is 193 g/mol. The standard InChI is InChI=1S/C11H12FNO/c1-11(2)6-8-3-4-10(12)5-9(8)7-13(11)14/h3-5,7H,6H2,1-2H3. The van der Waals surface area contributed by atoms with Crippen molar-refractivity contribution in [1.29, 1.82) is 0 Å². The maximum absolute atomic E-state index is 12.9. The number of hydrogen-bond donors (Lipinski definition) is 0. The molecular weight excluding hydrogens is 181 g/mol. The minimum absolute atomic E-state index is 0.298. The van der Waals surface area contributed by atoms with Crippen molar-refractivity contribution < 1.29 is 9.13 Å². The lowest BCUT2D eigenvalue weighted by atomic mass is 9.89. The Kier molecular flexibility index (Phi) is 1.84. The van der Waals surface area contributed by atoms with Gasteiger partial charge in [0.15, 0.2) is 11.8 Å². The summed E-state index contributed by atoms with van der Waals surface area (Å²) in [4.78, 5) is 0. The minimum atomic E-state index is -0.426. The van der Waals surface area contributed by atoms with Gasteiger partial charge in [-0.05, 0) is 17.7 Å². The van der Waals surface area contributed by atoms with Crippen molar-refractivity contribution >= 4 is 6.21 Å². The van der Waals surface area contributed by atoms with Crippen LogP contribution in [0.3, 0.4) is 0 Å². The second-order valence-electron chi connectivity index (χ2n) is 4.29. The molecule has 0 fully saturated rings. The van der Waals surface area contributed by atoms with Gasteiger partial charge in [0.1, 0.15) is 5.82 Å². The van der Waals surface area contributed by atoms with Crippen LogP contribution < -0.4 is 0 Å². The van der Waals surface area contributed by atoms with E-state index in [-0.39, 0.29) is 5.82 Å². The normalized spacial score (nSPS) is 18.6. The van der Waals surface area contributed by atoms with Gasteiger partial charge in [-0.3, -0.25) is 0 Å². The third kappa shape index (κ3) is 1.39. The van der Waals surface area contributed by atoms with Gasteiger partial charge in [-0.25, -0.2) is 9.13 Å². The Labute approximate surface area is 82.3 Å². The Morgan fingerprint density at radius 1 is 1.43 bits per heavy atom. The highest BCUT2D eigenvalue weighted by molar-refractivity contribution is 5.79. The molecular formula is C11H12FNO. The summed E-state index contributed by atoms with van der Waals surface area (Å²) >= 11 is 0. The monoisotopic (exact) mass is 193 g/mol. The number of benzene rings is 1. The number of rotatable bonds is 0. The molecule has 0 amide bonds. The molecule has 0 spiro atoms. The van der Waals surface area contributed by atoms with Crippen LogP contribution in [0.2, 0.25) is 0 Å². The van der Waals surface area contributed by atoms with Gasteiger partial charge in [-0.15, -0.1) is 0 Å². The summed E-state index contributed by atoms with van der Waals surface area (Å²) in [5.41, 5.74) is 1.30. The SMILES string of the molecule is CC1(C)Cc2ccc(F)cc2C=[N+]1[O-]. The number of nitrogens with zero attached hydrogens (tertiary/aromatic N) is 1. The minimum Gasteiger partial charge on any atom is -0.623 e. The van der Waals surface area contributed by atoms with Crippen molar-refractivity contribution in [3.05, 3.63) is 40.4 Å². The topological polar surface area (TPSA) is 26.1 Å². The molecule has 0 unspecified atom stereocenters. The summed E-state index contributed by atoms with van der Waals surface area (Å²) in [5.74, 6) is -0.298. The van der Waals surface area contributed by atoms with E-state index in [4.69, 9.17) is 0 Å². The quantitative estimate of drug-likeness (QED) is 0.457. The number of fused-ring (bicyclic) bond motifs is 1. The fraction of sp³-hybridized carbons (Fsp3) is 0.364. The molecule has 1 aromatic rings. The first kappa shape index (κ1) is 9.19. The molecule has 0 saturated carbocycles. The summed E-state index contributed by atoms with van der Waals surface area (Å²) in [6, 6.07) is 4.58. The molecule has 74 valence electrons. The molecule has 0 atom stereocenters. The van der Waals surface area contributed by atoms with Crippen molar-refractivity contribution in [2.75, 3.05) is 0 Å². The smallest absolute Gasteiger partial charge is 0.182 e. The molecule has 0 bridgehead atoms. The second-order valence-corrected chi connectivity index (χ2v) is 4.29. The van der Waals surface area contributed by atoms with Gasteiger partial charge in [0, 0.05) is 25.8 Å². The lowest BCUT2D eigenvalue weighted by Crippen LogP contribution is -2.39. The number of hydroxylamine groups is 1. The summed E-state index contributed by atoms with van der Waals surface area (Å²) < 4.78 is 13.8. The van der Waals surface area contributed by atoms with E-state index < -0.39 is 5.54 Å². The van der Waals surface area contributed by atoms with Crippen molar-refractivity contribution in [1.82, 2.24) is 0 Å². The van der Waals surface area contributed by atoms with Gasteiger partial charge < -0.3 is 5.21 Å². The molecule has 0 aliphatic carbocycles. The van der Waals surface area contributed by atoms with Crippen molar-refractivity contribution in [3.8, 4) is 0 Å². The average Bonchev–Trinajstić information content (AvgIpc) is 2.08. The second kappa shape index (κ2) is 2.80. The van der Waals surface area contributed by atoms with E-state index in [0.29, 0.717) is 12.0 Å². The number of halogens is 1. The predicted octanol–water partition coefficient (Wildman–Crippen LogP) is 2.09. The summed E-state index contributed by atoms with van der Waals surface area (Å²) in [6.07, 6.45) is 2.12. The van der Waals surface area contributed by atoms with Gasteiger partial charge >= 0.3 is 0 Å². The Balaban J connectivity index is 2.54. The zero-order valence-corrected chi connectivity index (χ0v) is 8.25. The van der Waals surface area contributed by atoms with E-state index in [1.54, 1.807) is 6.07 Å². The molecule has 0 aromatic heterocycles. The zero-order chi connectivity index (χ0) is 10.3. The maximum atomic E-state index is 12.9. The Hall–Kier alpha value is -1.38. The van der Waals surface area contributed by atoms with E-state index in [1.807, 2.05) is 13.8 Å². The Bertz CT molecular complexity index is 410. The van der Waals surface area contributed by atoms with Crippen LogP contribution in [0.25, 0.3) is 0 Å². The zero-order valence-electron chi connectivity index (χ0n) is 8.25. The van der Waals surface area contributed by atoms with Crippen LogP contribution in [-0.2, 0) is 6.42 Å². The van der Waals surface area contributed by atoms with Crippen LogP contribution >= 0.6 is 0 Å². The van der Waals surface area contributed by atoms with Gasteiger partial charge in [0.05, 0.1) is 0 Å². The number of hydrogen-bond acceptors (Lipinski definition) is 1. The first-order valence-corrected chi connectivity index (χ1v) is 4.59. The molecule has 3 heteroatoms. The lowest BCUT2D eigenvalue weighted by Gasteiger charge is -2.28. The summed E-state index contributed by atoms with van der Waals surface area (Å²) in [7, 11) is 0. The van der Waals surface area contributed by atoms with E-state index in [2.05, 4.69) is 0 Å². The van der Waals surface area contributed by atoms with Crippen molar-refractivity contribution in [3.63, 3.8) is 0 Å². The van der Waals surface area contributed by atoms with E-state index in [1.165, 1.54) is 18.3 Å². The highest BCUT2D eigenvalue weighted by Crippen LogP contribution is 2.23. The third-order valence-corrected chi connectivity index (χ3v) is 2.58. The fourth-order valence-electron chi connectivity index (χ4n) is 1.69. The molecule has 2 nitrogen and oxygen atoms in total. The van der Waals surface area contributed by atoms with Gasteiger partial charge in [0.25, 0.3) is 0 Å². The Morgan fingerprint density at radius 3 is 2.86 bits per heavy atom. The molecule has 0 saturated heterocycles. The van der Waals surface area contributed by atoms with Crippen LogP contribution in [0, 0.1) is 11.0 Å². The molecule has 14 heavy (non-hydrogen) atoms. The lowest BCUT2D eigenvalue weighted by molar-refractivity contribution is -0.537. The summed E-state index contributed by atoms with van der Waals surface area (Å²) in [5, 5.41) is 11.5. The Morgan fingerprint density at radius 2 is 2.14 bits per heavy atom. The van der Waals surface area contributed by atoms with Crippen LogP contribution in [0.15, 0.2) is 18.2 Å². The molecule has 1 heterocycles. The predicted molar refractivity (Wildman–Crippen MR) is 53.0 cm³/mol. The molecule has 1 aliphatic heterocycles. The van der Waals surface area contributed by atoms with Crippen molar-refractivity contribution in [2.45, 2.75) is 25.8 Å². The molecule has 1 aromatic carbocycles. The highest BCUT2D eigenvalue weighted by Gasteiger charge is 2.31. The maximum Gasteiger partial charge on any atom is 0.182 e. The third-order valence-electron chi connectivity index (χ3n) is 2.58. The molecule has 2 rings (SSSR count). The van der Waals surface area contributed by atoms with Gasteiger partial charge in [0.2, 0.25) is 0 Å². The first-order valence-electron chi connectivity index (χ1n) is 4.59. The molecule has 1 aliphatic rings. The fourth-order valence-corrected chi connectivity index (χ4v) is 1.69. The van der Waals surface area contributed by atoms with Gasteiger partial charge in [-0.2, -0.15) is 0 Å². The van der Waals surface area contributed by atoms with E-state index in [0.717, 1.165) is 10.3 Å². The van der Waals surface area contributed by atoms with Crippen molar-refractivity contribution in [2.24, 2.45) is 0 Å². The first-order chi connectivity index (χ1) is 6.49. The molecule has 0 radical (unpaired) electrons. The van der Waals surface area contributed by atoms with Crippen LogP contribution in [0.1, 0.15) is 25.0 Å². The largest absolute Gasteiger partial charge is 0.623 e. The van der Waals surface area contributed by atoms with E-state index in [9.17, 15) is 9.60 Å². The molecule has 0 N–H and O–H groups in total. The highest BCUT2D eigenvalue weighted by atomic mass is 19.1. The van der Waals surface area contributed by atoms with E-state index >= 15 is 0 Å². The van der Waals surface area contributed by atoms with Crippen LogP contribution in [0.4, 0.5) is 4.39 Å². The van der Waals surface area contributed by atoms with Crippen LogP contribution in [-0.4, -0.2) is 16.5 Å². The summed E-state index contributed by atoms with van der Waals surface area (Å²) in [6.45, 7) is 3.76. The van der Waals surface area contributed by atoms with Crippen LogP contribution in [0.5, 0.6) is 0 Å².